The first kappa shape index (κ1) is 11.7. The normalized spacial score (nSPS) is 10.6. The Morgan fingerprint density at radius 2 is 2.12 bits per heavy atom. The Balaban J connectivity index is 2.69. The number of carbonyl (C=O) groups excluding carboxylic acids is 1. The molecule has 6 heteroatoms. The minimum Gasteiger partial charge on any atom is -0.494 e. The third-order valence-electron chi connectivity index (χ3n) is 2.39. The van der Waals surface area contributed by atoms with Gasteiger partial charge in [0.25, 0.3) is 0 Å². The fourth-order valence-electron chi connectivity index (χ4n) is 1.56. The number of esters is 1. The van der Waals surface area contributed by atoms with Gasteiger partial charge in [-0.1, -0.05) is 11.6 Å². The number of carbonyl (C=O) groups is 1. The zero-order valence-electron chi connectivity index (χ0n) is 9.14. The first-order valence-corrected chi connectivity index (χ1v) is 5.09. The van der Waals surface area contributed by atoms with E-state index >= 15 is 0 Å². The summed E-state index contributed by atoms with van der Waals surface area (Å²) in [4.78, 5) is 14.1. The predicted molar refractivity (Wildman–Crippen MR) is 61.2 cm³/mol. The Hall–Kier alpha value is -1.75. The van der Waals surface area contributed by atoms with Crippen LogP contribution in [-0.2, 0) is 4.74 Å². The average molecular weight is 258 g/mol. The summed E-state index contributed by atoms with van der Waals surface area (Å²) in [7, 11) is 2.60. The molecule has 0 aliphatic rings. The molecule has 0 aliphatic carbocycles. The molecule has 0 saturated heterocycles. The first-order chi connectivity index (χ1) is 8.08. The minimum atomic E-state index is -0.655. The minimum absolute atomic E-state index is 0.0146. The van der Waals surface area contributed by atoms with Crippen LogP contribution in [0.5, 0.6) is 5.75 Å². The van der Waals surface area contributed by atoms with Crippen LogP contribution >= 0.6 is 11.6 Å². The molecule has 90 valence electrons. The molecule has 17 heavy (non-hydrogen) atoms. The standard InChI is InChI=1S/C11H9ClFNO3/c1-16-8-4-6-5(9(12)10(8)13)3-7(14-6)11(15)17-2/h3-4,14H,1-2H3. The highest BCUT2D eigenvalue weighted by Gasteiger charge is 2.17. The van der Waals surface area contributed by atoms with Crippen LogP contribution < -0.4 is 4.74 Å². The Morgan fingerprint density at radius 3 is 2.71 bits per heavy atom. The number of hydrogen-bond acceptors (Lipinski definition) is 3. The molecular formula is C11H9ClFNO3. The van der Waals surface area contributed by atoms with Crippen LogP contribution in [0.3, 0.4) is 0 Å². The molecule has 0 saturated carbocycles. The average Bonchev–Trinajstić information content (AvgIpc) is 2.76. The molecule has 0 unspecified atom stereocenters. The van der Waals surface area contributed by atoms with Crippen molar-refractivity contribution in [1.82, 2.24) is 4.98 Å². The molecule has 0 fully saturated rings. The molecule has 0 aliphatic heterocycles. The summed E-state index contributed by atoms with van der Waals surface area (Å²) >= 11 is 5.84. The number of H-pyrrole nitrogens is 1. The molecule has 2 rings (SSSR count). The number of ether oxygens (including phenoxy) is 2. The van der Waals surface area contributed by atoms with Gasteiger partial charge in [0.05, 0.1) is 24.8 Å². The van der Waals surface area contributed by atoms with Gasteiger partial charge < -0.3 is 14.5 Å². The van der Waals surface area contributed by atoms with Crippen molar-refractivity contribution in [2.75, 3.05) is 14.2 Å². The van der Waals surface area contributed by atoms with E-state index in [1.807, 2.05) is 0 Å². The lowest BCUT2D eigenvalue weighted by Gasteiger charge is -2.03. The van der Waals surface area contributed by atoms with Crippen LogP contribution in [0.2, 0.25) is 5.02 Å². The van der Waals surface area contributed by atoms with Gasteiger partial charge in [-0.3, -0.25) is 0 Å². The van der Waals surface area contributed by atoms with E-state index in [-0.39, 0.29) is 16.5 Å². The topological polar surface area (TPSA) is 51.3 Å². The van der Waals surface area contributed by atoms with Crippen LogP contribution in [0.4, 0.5) is 4.39 Å². The number of rotatable bonds is 2. The van der Waals surface area contributed by atoms with E-state index in [2.05, 4.69) is 9.72 Å². The number of hydrogen-bond donors (Lipinski definition) is 1. The number of fused-ring (bicyclic) bond motifs is 1. The van der Waals surface area contributed by atoms with E-state index in [0.29, 0.717) is 10.9 Å². The summed E-state index contributed by atoms with van der Waals surface area (Å²) in [5, 5.41) is 0.316. The van der Waals surface area contributed by atoms with E-state index in [9.17, 15) is 9.18 Å². The van der Waals surface area contributed by atoms with Crippen molar-refractivity contribution in [2.45, 2.75) is 0 Å². The van der Waals surface area contributed by atoms with Crippen molar-refractivity contribution >= 4 is 28.5 Å². The van der Waals surface area contributed by atoms with E-state index in [4.69, 9.17) is 16.3 Å². The maximum Gasteiger partial charge on any atom is 0.354 e. The van der Waals surface area contributed by atoms with Crippen LogP contribution in [-0.4, -0.2) is 25.2 Å². The number of aromatic nitrogens is 1. The third-order valence-corrected chi connectivity index (χ3v) is 2.76. The molecule has 0 radical (unpaired) electrons. The van der Waals surface area contributed by atoms with Crippen molar-refractivity contribution in [3.05, 3.63) is 28.7 Å². The zero-order chi connectivity index (χ0) is 12.6. The maximum atomic E-state index is 13.6. The molecule has 1 aromatic carbocycles. The van der Waals surface area contributed by atoms with Gasteiger partial charge in [0, 0.05) is 11.5 Å². The third kappa shape index (κ3) is 1.82. The number of aromatic amines is 1. The monoisotopic (exact) mass is 257 g/mol. The van der Waals surface area contributed by atoms with Crippen LogP contribution in [0, 0.1) is 5.82 Å². The van der Waals surface area contributed by atoms with Gasteiger partial charge in [0.2, 0.25) is 0 Å². The zero-order valence-corrected chi connectivity index (χ0v) is 9.89. The second-order valence-corrected chi connectivity index (χ2v) is 3.72. The van der Waals surface area contributed by atoms with Gasteiger partial charge in [0.1, 0.15) is 5.69 Å². The number of methoxy groups -OCH3 is 2. The lowest BCUT2D eigenvalue weighted by molar-refractivity contribution is 0.0595. The summed E-state index contributed by atoms with van der Waals surface area (Å²) in [6.45, 7) is 0. The predicted octanol–water partition coefficient (Wildman–Crippen LogP) is 2.76. The molecule has 4 nitrogen and oxygen atoms in total. The lowest BCUT2D eigenvalue weighted by Crippen LogP contribution is -2.00. The summed E-state index contributed by atoms with van der Waals surface area (Å²) in [6.07, 6.45) is 0. The highest BCUT2D eigenvalue weighted by Crippen LogP contribution is 2.33. The van der Waals surface area contributed by atoms with Gasteiger partial charge in [-0.25, -0.2) is 9.18 Å². The van der Waals surface area contributed by atoms with Gasteiger partial charge in [-0.05, 0) is 6.07 Å². The van der Waals surface area contributed by atoms with Gasteiger partial charge in [0.15, 0.2) is 11.6 Å². The number of benzene rings is 1. The maximum absolute atomic E-state index is 13.6. The fraction of sp³-hybridized carbons (Fsp3) is 0.182. The van der Waals surface area contributed by atoms with Crippen molar-refractivity contribution in [3.63, 3.8) is 0 Å². The van der Waals surface area contributed by atoms with E-state index in [1.165, 1.54) is 26.4 Å². The smallest absolute Gasteiger partial charge is 0.354 e. The molecule has 2 aromatic rings. The molecule has 0 bridgehead atoms. The summed E-state index contributed by atoms with van der Waals surface area (Å²) in [5.74, 6) is -1.19. The second kappa shape index (κ2) is 4.25. The highest BCUT2D eigenvalue weighted by molar-refractivity contribution is 6.36. The quantitative estimate of drug-likeness (QED) is 0.842. The van der Waals surface area contributed by atoms with Crippen LogP contribution in [0.1, 0.15) is 10.5 Å². The van der Waals surface area contributed by atoms with E-state index in [0.717, 1.165) is 0 Å². The summed E-state index contributed by atoms with van der Waals surface area (Å²) in [6, 6.07) is 2.87. The van der Waals surface area contributed by atoms with Crippen molar-refractivity contribution in [1.29, 1.82) is 0 Å². The van der Waals surface area contributed by atoms with Crippen molar-refractivity contribution < 1.29 is 18.7 Å². The van der Waals surface area contributed by atoms with Gasteiger partial charge in [-0.2, -0.15) is 0 Å². The van der Waals surface area contributed by atoms with Crippen molar-refractivity contribution in [3.8, 4) is 5.75 Å². The molecule has 0 amide bonds. The Bertz CT molecular complexity index is 594. The number of halogens is 2. The molecule has 0 spiro atoms. The molecule has 0 atom stereocenters. The Morgan fingerprint density at radius 1 is 1.41 bits per heavy atom. The Labute approximate surface area is 101 Å². The SMILES string of the molecule is COC(=O)c1cc2c(Cl)c(F)c(OC)cc2[nH]1. The largest absolute Gasteiger partial charge is 0.494 e. The second-order valence-electron chi connectivity index (χ2n) is 3.34. The first-order valence-electron chi connectivity index (χ1n) is 4.71. The van der Waals surface area contributed by atoms with Crippen molar-refractivity contribution in [2.24, 2.45) is 0 Å². The lowest BCUT2D eigenvalue weighted by atomic mass is 10.2. The van der Waals surface area contributed by atoms with Gasteiger partial charge in [-0.15, -0.1) is 0 Å². The Kier molecular flexibility index (Phi) is 2.93. The highest BCUT2D eigenvalue weighted by atomic mass is 35.5. The van der Waals surface area contributed by atoms with E-state index in [1.54, 1.807) is 0 Å². The number of nitrogens with one attached hydrogen (secondary N) is 1. The fourth-order valence-corrected chi connectivity index (χ4v) is 1.80. The summed E-state index contributed by atoms with van der Waals surface area (Å²) < 4.78 is 23.0. The van der Waals surface area contributed by atoms with Gasteiger partial charge >= 0.3 is 5.97 Å². The van der Waals surface area contributed by atoms with Crippen LogP contribution in [0.25, 0.3) is 10.9 Å². The molecule has 1 N–H and O–H groups in total. The summed E-state index contributed by atoms with van der Waals surface area (Å²) in [5.41, 5.74) is 0.714. The molecule has 1 aromatic heterocycles. The molecular weight excluding hydrogens is 249 g/mol. The van der Waals surface area contributed by atoms with E-state index < -0.39 is 11.8 Å². The van der Waals surface area contributed by atoms with Crippen LogP contribution in [0.15, 0.2) is 12.1 Å². The molecule has 1 heterocycles.